The van der Waals surface area contributed by atoms with Crippen molar-refractivity contribution in [3.05, 3.63) is 60.2 Å². The maximum atomic E-state index is 11.4. The van der Waals surface area contributed by atoms with Gasteiger partial charge < -0.3 is 20.6 Å². The first kappa shape index (κ1) is 24.3. The lowest BCUT2D eigenvalue weighted by Crippen LogP contribution is -2.21. The number of unbranched alkanes of at least 4 members (excludes halogenated alkanes) is 1. The van der Waals surface area contributed by atoms with Crippen molar-refractivity contribution in [3.63, 3.8) is 0 Å². The van der Waals surface area contributed by atoms with Gasteiger partial charge in [-0.3, -0.25) is 4.79 Å². The van der Waals surface area contributed by atoms with Crippen molar-refractivity contribution in [1.29, 1.82) is 0 Å². The van der Waals surface area contributed by atoms with E-state index in [2.05, 4.69) is 5.32 Å². The minimum absolute atomic E-state index is 0.0581. The van der Waals surface area contributed by atoms with E-state index in [-0.39, 0.29) is 17.7 Å². The van der Waals surface area contributed by atoms with Crippen LogP contribution in [0.3, 0.4) is 0 Å². The van der Waals surface area contributed by atoms with Crippen molar-refractivity contribution < 1.29 is 20.1 Å². The summed E-state index contributed by atoms with van der Waals surface area (Å²) in [6.07, 6.45) is 10.6. The highest BCUT2D eigenvalue weighted by molar-refractivity contribution is 5.75. The summed E-state index contributed by atoms with van der Waals surface area (Å²) in [5, 5.41) is 33.8. The zero-order valence-electron chi connectivity index (χ0n) is 18.0. The Morgan fingerprint density at radius 2 is 1.97 bits per heavy atom. The number of nitrogens with one attached hydrogen (secondary N) is 1. The van der Waals surface area contributed by atoms with Gasteiger partial charge in [-0.1, -0.05) is 54.6 Å². The largest absolute Gasteiger partial charge is 0.393 e. The monoisotopic (exact) mass is 415 g/mol. The van der Waals surface area contributed by atoms with Crippen molar-refractivity contribution in [2.75, 3.05) is 6.54 Å². The SMILES string of the molecule is CCNC(=O)CCC/C=C/C[C@@H]1[C@@H](C=C[C@@H](O)CCc2ccccc2)[C@H](O)C[C@@H]1O. The van der Waals surface area contributed by atoms with Gasteiger partial charge in [0.1, 0.15) is 0 Å². The molecule has 0 saturated heterocycles. The number of rotatable bonds is 12. The smallest absolute Gasteiger partial charge is 0.219 e. The van der Waals surface area contributed by atoms with Gasteiger partial charge in [-0.05, 0) is 50.5 Å². The number of aryl methyl sites for hydroxylation is 1. The summed E-state index contributed by atoms with van der Waals surface area (Å²) in [6, 6.07) is 10.1. The first-order chi connectivity index (χ1) is 14.5. The highest BCUT2D eigenvalue weighted by atomic mass is 16.3. The van der Waals surface area contributed by atoms with Gasteiger partial charge in [0.15, 0.2) is 0 Å². The zero-order valence-corrected chi connectivity index (χ0v) is 18.0. The predicted octanol–water partition coefficient (Wildman–Crippen LogP) is 3.15. The van der Waals surface area contributed by atoms with Gasteiger partial charge >= 0.3 is 0 Å². The first-order valence-corrected chi connectivity index (χ1v) is 11.2. The third-order valence-corrected chi connectivity index (χ3v) is 5.77. The van der Waals surface area contributed by atoms with E-state index in [0.717, 1.165) is 19.3 Å². The number of allylic oxidation sites excluding steroid dienone is 2. The number of carbonyl (C=O) groups is 1. The Balaban J connectivity index is 1.78. The summed E-state index contributed by atoms with van der Waals surface area (Å²) in [6.45, 7) is 2.57. The molecule has 166 valence electrons. The fourth-order valence-corrected chi connectivity index (χ4v) is 4.06. The zero-order chi connectivity index (χ0) is 21.8. The molecule has 1 saturated carbocycles. The van der Waals surface area contributed by atoms with Crippen molar-refractivity contribution in [2.45, 2.75) is 70.2 Å². The summed E-state index contributed by atoms with van der Waals surface area (Å²) in [5.41, 5.74) is 1.19. The van der Waals surface area contributed by atoms with Crippen LogP contribution in [0.2, 0.25) is 0 Å². The molecule has 1 fully saturated rings. The van der Waals surface area contributed by atoms with Crippen LogP contribution >= 0.6 is 0 Å². The lowest BCUT2D eigenvalue weighted by atomic mass is 9.89. The molecular formula is C25H37NO4. The Morgan fingerprint density at radius 3 is 2.70 bits per heavy atom. The van der Waals surface area contributed by atoms with Crippen LogP contribution in [-0.4, -0.2) is 46.1 Å². The van der Waals surface area contributed by atoms with Crippen LogP contribution in [0.1, 0.15) is 51.0 Å². The van der Waals surface area contributed by atoms with Crippen LogP contribution in [0, 0.1) is 11.8 Å². The predicted molar refractivity (Wildman–Crippen MR) is 120 cm³/mol. The molecule has 0 aromatic heterocycles. The van der Waals surface area contributed by atoms with Crippen LogP contribution in [0.15, 0.2) is 54.6 Å². The number of carbonyl (C=O) groups excluding carboxylic acids is 1. The van der Waals surface area contributed by atoms with E-state index < -0.39 is 18.3 Å². The quantitative estimate of drug-likeness (QED) is 0.312. The fourth-order valence-electron chi connectivity index (χ4n) is 4.06. The minimum atomic E-state index is -0.589. The van der Waals surface area contributed by atoms with E-state index in [9.17, 15) is 20.1 Å². The molecule has 0 radical (unpaired) electrons. The fraction of sp³-hybridized carbons (Fsp3) is 0.560. The van der Waals surface area contributed by atoms with Crippen molar-refractivity contribution in [2.24, 2.45) is 11.8 Å². The van der Waals surface area contributed by atoms with Crippen LogP contribution < -0.4 is 5.32 Å². The second-order valence-electron chi connectivity index (χ2n) is 8.14. The Labute approximate surface area is 180 Å². The van der Waals surface area contributed by atoms with E-state index >= 15 is 0 Å². The maximum absolute atomic E-state index is 11.4. The van der Waals surface area contributed by atoms with Gasteiger partial charge in [0.2, 0.25) is 5.91 Å². The number of benzene rings is 1. The maximum Gasteiger partial charge on any atom is 0.219 e. The van der Waals surface area contributed by atoms with Crippen molar-refractivity contribution in [3.8, 4) is 0 Å². The molecule has 30 heavy (non-hydrogen) atoms. The molecule has 1 amide bonds. The van der Waals surface area contributed by atoms with Crippen LogP contribution in [0.25, 0.3) is 0 Å². The molecule has 0 heterocycles. The highest BCUT2D eigenvalue weighted by Crippen LogP contribution is 2.36. The van der Waals surface area contributed by atoms with Crippen LogP contribution in [0.4, 0.5) is 0 Å². The second kappa shape index (κ2) is 13.4. The number of aliphatic hydroxyl groups excluding tert-OH is 3. The standard InChI is InChI=1S/C25H37NO4/c1-2-26-25(30)13-9-4-3-8-12-21-22(24(29)18-23(21)28)17-16-20(27)15-14-19-10-6-5-7-11-19/h3,5-8,10-11,16-17,20-24,27-29H,2,4,9,12-15,18H2,1H3,(H,26,30)/b8-3+,17-16?/t20-,21+,22+,23-,24+/m0/s1. The Morgan fingerprint density at radius 1 is 1.20 bits per heavy atom. The second-order valence-corrected chi connectivity index (χ2v) is 8.14. The van der Waals surface area contributed by atoms with E-state index in [1.807, 2.05) is 55.5 Å². The third kappa shape index (κ3) is 8.42. The molecule has 0 unspecified atom stereocenters. The lowest BCUT2D eigenvalue weighted by Gasteiger charge is -2.19. The molecule has 5 atom stereocenters. The molecule has 0 aliphatic heterocycles. The summed E-state index contributed by atoms with van der Waals surface area (Å²) >= 11 is 0. The molecule has 5 heteroatoms. The van der Waals surface area contributed by atoms with Gasteiger partial charge in [0, 0.05) is 25.3 Å². The summed E-state index contributed by atoms with van der Waals surface area (Å²) in [4.78, 5) is 11.4. The van der Waals surface area contributed by atoms with E-state index in [4.69, 9.17) is 0 Å². The number of hydrogen-bond acceptors (Lipinski definition) is 4. The molecule has 1 aromatic rings. The van der Waals surface area contributed by atoms with Gasteiger partial charge in [-0.25, -0.2) is 0 Å². The lowest BCUT2D eigenvalue weighted by molar-refractivity contribution is -0.121. The molecule has 1 aliphatic rings. The Bertz CT molecular complexity index is 673. The normalized spacial score (nSPS) is 25.2. The molecule has 2 rings (SSSR count). The number of aliphatic hydroxyl groups is 3. The van der Waals surface area contributed by atoms with E-state index in [0.29, 0.717) is 32.2 Å². The first-order valence-electron chi connectivity index (χ1n) is 11.2. The van der Waals surface area contributed by atoms with Crippen molar-refractivity contribution in [1.82, 2.24) is 5.32 Å². The molecule has 1 aromatic carbocycles. The Kier molecular flexibility index (Phi) is 10.8. The van der Waals surface area contributed by atoms with Crippen LogP contribution in [0.5, 0.6) is 0 Å². The summed E-state index contributed by atoms with van der Waals surface area (Å²) < 4.78 is 0. The van der Waals surface area contributed by atoms with Crippen molar-refractivity contribution >= 4 is 5.91 Å². The summed E-state index contributed by atoms with van der Waals surface area (Å²) in [7, 11) is 0. The Hall–Kier alpha value is -1.95. The molecular weight excluding hydrogens is 378 g/mol. The van der Waals surface area contributed by atoms with Gasteiger partial charge in [0.25, 0.3) is 0 Å². The molecule has 1 aliphatic carbocycles. The van der Waals surface area contributed by atoms with Crippen LogP contribution in [-0.2, 0) is 11.2 Å². The molecule has 4 N–H and O–H groups in total. The topological polar surface area (TPSA) is 89.8 Å². The van der Waals surface area contributed by atoms with E-state index in [1.165, 1.54) is 5.56 Å². The molecule has 0 spiro atoms. The average Bonchev–Trinajstić information content (AvgIpc) is 3.00. The van der Waals surface area contributed by atoms with Gasteiger partial charge in [0.05, 0.1) is 18.3 Å². The minimum Gasteiger partial charge on any atom is -0.393 e. The molecule has 5 nitrogen and oxygen atoms in total. The molecule has 0 bridgehead atoms. The number of hydrogen-bond donors (Lipinski definition) is 4. The summed E-state index contributed by atoms with van der Waals surface area (Å²) in [5.74, 6) is -0.139. The van der Waals surface area contributed by atoms with Gasteiger partial charge in [-0.15, -0.1) is 0 Å². The number of amides is 1. The van der Waals surface area contributed by atoms with Gasteiger partial charge in [-0.2, -0.15) is 0 Å². The third-order valence-electron chi connectivity index (χ3n) is 5.77. The average molecular weight is 416 g/mol. The van der Waals surface area contributed by atoms with E-state index in [1.54, 1.807) is 6.08 Å². The highest BCUT2D eigenvalue weighted by Gasteiger charge is 2.39.